The van der Waals surface area contributed by atoms with E-state index in [2.05, 4.69) is 11.5 Å². The molecule has 2 amide bonds. The zero-order chi connectivity index (χ0) is 24.3. The lowest BCUT2D eigenvalue weighted by atomic mass is 9.48. The molecule has 8 nitrogen and oxygen atoms in total. The predicted octanol–water partition coefficient (Wildman–Crippen LogP) is 1.98. The lowest BCUT2D eigenvalue weighted by Crippen LogP contribution is -2.78. The van der Waals surface area contributed by atoms with E-state index in [0.29, 0.717) is 43.5 Å². The van der Waals surface area contributed by atoms with Gasteiger partial charge in [0.2, 0.25) is 0 Å². The molecule has 4 N–H and O–H groups in total. The summed E-state index contributed by atoms with van der Waals surface area (Å²) in [6.45, 7) is 5.28. The number of nitrogens with two attached hydrogens (primary N) is 1. The van der Waals surface area contributed by atoms with E-state index in [1.807, 2.05) is 12.1 Å². The number of hydrogen-bond acceptors (Lipinski definition) is 7. The molecule has 3 aliphatic heterocycles. The molecule has 2 aromatic carbocycles. The van der Waals surface area contributed by atoms with Crippen LogP contribution >= 0.6 is 0 Å². The number of ether oxygens (including phenoxy) is 1. The lowest BCUT2D eigenvalue weighted by Gasteiger charge is -2.64. The minimum Gasteiger partial charge on any atom is -0.504 e. The molecule has 0 radical (unpaired) electrons. The molecule has 3 heterocycles. The highest BCUT2D eigenvalue weighted by molar-refractivity contribution is 6.23. The van der Waals surface area contributed by atoms with E-state index >= 15 is 0 Å². The van der Waals surface area contributed by atoms with Gasteiger partial charge in [-0.3, -0.25) is 19.4 Å². The number of hydrogen-bond donors (Lipinski definition) is 3. The van der Waals surface area contributed by atoms with Crippen molar-refractivity contribution < 1.29 is 24.5 Å². The van der Waals surface area contributed by atoms with E-state index in [1.54, 1.807) is 24.3 Å². The van der Waals surface area contributed by atoms with Crippen molar-refractivity contribution >= 4 is 17.5 Å². The van der Waals surface area contributed by atoms with E-state index in [4.69, 9.17) is 10.5 Å². The molecule has 0 aromatic heterocycles. The van der Waals surface area contributed by atoms with Crippen LogP contribution in [0, 0.1) is 0 Å². The fraction of sp³-hybridized carbons (Fsp3) is 0.407. The molecular weight excluding hydrogens is 446 g/mol. The van der Waals surface area contributed by atoms with Crippen molar-refractivity contribution in [3.05, 3.63) is 65.2 Å². The van der Waals surface area contributed by atoms with Gasteiger partial charge in [-0.15, -0.1) is 6.58 Å². The summed E-state index contributed by atoms with van der Waals surface area (Å²) in [5.41, 5.74) is 6.83. The Morgan fingerprint density at radius 2 is 2.03 bits per heavy atom. The molecule has 35 heavy (non-hydrogen) atoms. The van der Waals surface area contributed by atoms with Crippen molar-refractivity contribution in [3.63, 3.8) is 0 Å². The number of nitrogens with zero attached hydrogens (tertiary/aromatic N) is 2. The number of rotatable bonds is 3. The van der Waals surface area contributed by atoms with Crippen molar-refractivity contribution in [1.82, 2.24) is 9.80 Å². The quantitative estimate of drug-likeness (QED) is 0.355. The molecule has 8 heteroatoms. The van der Waals surface area contributed by atoms with Crippen molar-refractivity contribution in [1.29, 1.82) is 0 Å². The molecule has 5 aliphatic rings. The molecule has 2 unspecified atom stereocenters. The van der Waals surface area contributed by atoms with Gasteiger partial charge < -0.3 is 20.7 Å². The Labute approximate surface area is 202 Å². The third-order valence-corrected chi connectivity index (χ3v) is 9.22. The largest absolute Gasteiger partial charge is 0.504 e. The second kappa shape index (κ2) is 6.65. The summed E-state index contributed by atoms with van der Waals surface area (Å²) in [5.74, 6) is -0.406. The average Bonchev–Trinajstić information content (AvgIpc) is 3.31. The van der Waals surface area contributed by atoms with Crippen LogP contribution in [0.1, 0.15) is 51.1 Å². The first-order valence-electron chi connectivity index (χ1n) is 12.2. The smallest absolute Gasteiger partial charge is 0.264 e. The maximum atomic E-state index is 13.5. The highest BCUT2D eigenvalue weighted by Crippen LogP contribution is 2.66. The lowest BCUT2D eigenvalue weighted by molar-refractivity contribution is -0.194. The maximum absolute atomic E-state index is 13.5. The first kappa shape index (κ1) is 21.0. The number of benzene rings is 2. The number of aromatic hydroxyl groups is 1. The van der Waals surface area contributed by atoms with Crippen LogP contribution in [0.4, 0.5) is 5.69 Å². The van der Waals surface area contributed by atoms with Gasteiger partial charge in [0.15, 0.2) is 11.5 Å². The molecule has 1 saturated heterocycles. The molecule has 5 atom stereocenters. The van der Waals surface area contributed by atoms with Crippen molar-refractivity contribution in [2.45, 2.75) is 54.9 Å². The standard InChI is InChI=1S/C27H27N3O5/c1-2-11-29-12-10-26-21-14-6-7-18(31)22(21)35-23(26)17(8-9-27(26,34)19(29)13-14)30-24(32)15-4-3-5-16(28)20(15)25(30)33/h2-7,17,19,23,31,34H,1,8-13,28H2/t17?,19-,23?,26+,27-/m1/s1. The number of carbonyl (C=O) groups excluding carboxylic acids is 2. The van der Waals surface area contributed by atoms with Gasteiger partial charge >= 0.3 is 0 Å². The number of phenols is 1. The van der Waals surface area contributed by atoms with Crippen LogP contribution in [0.15, 0.2) is 43.0 Å². The van der Waals surface area contributed by atoms with Crippen LogP contribution in [0.2, 0.25) is 0 Å². The Hall–Kier alpha value is -3.36. The van der Waals surface area contributed by atoms with Crippen LogP contribution < -0.4 is 10.5 Å². The summed E-state index contributed by atoms with van der Waals surface area (Å²) in [4.78, 5) is 30.6. The molecule has 2 fully saturated rings. The van der Waals surface area contributed by atoms with Crippen molar-refractivity contribution in [2.75, 3.05) is 18.8 Å². The molecule has 2 aromatic rings. The number of aliphatic hydroxyl groups is 1. The summed E-state index contributed by atoms with van der Waals surface area (Å²) < 4.78 is 6.49. The van der Waals surface area contributed by atoms with Crippen LogP contribution in [-0.2, 0) is 11.8 Å². The van der Waals surface area contributed by atoms with Gasteiger partial charge in [0, 0.05) is 23.8 Å². The van der Waals surface area contributed by atoms with Gasteiger partial charge in [-0.05, 0) is 56.0 Å². The number of carbonyl (C=O) groups is 2. The van der Waals surface area contributed by atoms with Gasteiger partial charge in [-0.1, -0.05) is 18.2 Å². The van der Waals surface area contributed by atoms with Gasteiger partial charge in [-0.25, -0.2) is 0 Å². The van der Waals surface area contributed by atoms with Crippen LogP contribution in [0.25, 0.3) is 0 Å². The number of anilines is 1. The SMILES string of the molecule is C=CCN1CC[C@]23c4c5ccc(O)c4OC2C(N2C(=O)c4cccc(N)c4C2=O)CC[C@@]3(O)[C@H]1C5. The second-order valence-corrected chi connectivity index (χ2v) is 10.5. The third kappa shape index (κ3) is 2.25. The zero-order valence-corrected chi connectivity index (χ0v) is 19.2. The van der Waals surface area contributed by atoms with Gasteiger partial charge in [0.1, 0.15) is 6.10 Å². The number of phenolic OH excluding ortho intramolecular Hbond substituents is 1. The zero-order valence-electron chi connectivity index (χ0n) is 19.2. The minimum absolute atomic E-state index is 0.0206. The Balaban J connectivity index is 1.40. The fourth-order valence-electron chi connectivity index (χ4n) is 7.88. The van der Waals surface area contributed by atoms with Gasteiger partial charge in [0.25, 0.3) is 11.8 Å². The number of fused-ring (bicyclic) bond motifs is 1. The Morgan fingerprint density at radius 1 is 1.20 bits per heavy atom. The monoisotopic (exact) mass is 473 g/mol. The average molecular weight is 474 g/mol. The van der Waals surface area contributed by atoms with E-state index in [9.17, 15) is 19.8 Å². The molecule has 2 bridgehead atoms. The number of likely N-dealkylation sites (tertiary alicyclic amines) is 1. The predicted molar refractivity (Wildman–Crippen MR) is 127 cm³/mol. The Kier molecular flexibility index (Phi) is 3.98. The normalized spacial score (nSPS) is 34.4. The first-order chi connectivity index (χ1) is 16.8. The van der Waals surface area contributed by atoms with Crippen molar-refractivity contribution in [2.24, 2.45) is 0 Å². The van der Waals surface area contributed by atoms with Crippen LogP contribution in [-0.4, -0.2) is 68.7 Å². The topological polar surface area (TPSA) is 116 Å². The maximum Gasteiger partial charge on any atom is 0.264 e. The highest BCUT2D eigenvalue weighted by atomic mass is 16.5. The van der Waals surface area contributed by atoms with E-state index < -0.39 is 29.1 Å². The van der Waals surface area contributed by atoms with Crippen LogP contribution in [0.5, 0.6) is 11.5 Å². The molecule has 180 valence electrons. The summed E-state index contributed by atoms with van der Waals surface area (Å²) in [6, 6.07) is 7.74. The number of nitrogen functional groups attached to an aromatic ring is 1. The highest BCUT2D eigenvalue weighted by Gasteiger charge is 2.74. The van der Waals surface area contributed by atoms with Crippen molar-refractivity contribution in [3.8, 4) is 11.5 Å². The molecule has 1 spiro atoms. The number of imide groups is 1. The molecule has 7 rings (SSSR count). The van der Waals surface area contributed by atoms with Crippen LogP contribution in [0.3, 0.4) is 0 Å². The minimum atomic E-state index is -1.13. The fourth-order valence-corrected chi connectivity index (χ4v) is 7.88. The summed E-state index contributed by atoms with van der Waals surface area (Å²) in [7, 11) is 0. The number of piperidine rings is 1. The van der Waals surface area contributed by atoms with Gasteiger partial charge in [0.05, 0.1) is 28.2 Å². The summed E-state index contributed by atoms with van der Waals surface area (Å²) in [6.07, 6.45) is 3.23. The molecule has 1 saturated carbocycles. The summed E-state index contributed by atoms with van der Waals surface area (Å²) in [5, 5.41) is 23.2. The van der Waals surface area contributed by atoms with E-state index in [1.165, 1.54) is 4.90 Å². The van der Waals surface area contributed by atoms with Gasteiger partial charge in [-0.2, -0.15) is 0 Å². The molecule has 2 aliphatic carbocycles. The summed E-state index contributed by atoms with van der Waals surface area (Å²) >= 11 is 0. The first-order valence-corrected chi connectivity index (χ1v) is 12.2. The Morgan fingerprint density at radius 3 is 2.80 bits per heavy atom. The van der Waals surface area contributed by atoms with E-state index in [-0.39, 0.29) is 28.9 Å². The third-order valence-electron chi connectivity index (χ3n) is 9.22. The van der Waals surface area contributed by atoms with E-state index in [0.717, 1.165) is 17.7 Å². The Bertz CT molecular complexity index is 1340. The molecular formula is C27H27N3O5. The second-order valence-electron chi connectivity index (χ2n) is 10.5. The number of amides is 2.